The summed E-state index contributed by atoms with van der Waals surface area (Å²) in [7, 11) is 1.97. The molecule has 0 aliphatic carbocycles. The molecule has 0 radical (unpaired) electrons. The minimum absolute atomic E-state index is 0.0470. The second-order valence-electron chi connectivity index (χ2n) is 7.14. The van der Waals surface area contributed by atoms with Crippen LogP contribution in [0.5, 0.6) is 0 Å². The number of imidazole rings is 1. The summed E-state index contributed by atoms with van der Waals surface area (Å²) in [6, 6.07) is 17.8. The summed E-state index contributed by atoms with van der Waals surface area (Å²) >= 11 is 3.06. The van der Waals surface area contributed by atoms with Crippen molar-refractivity contribution >= 4 is 34.7 Å². The molecular weight excluding hydrogens is 428 g/mol. The van der Waals surface area contributed by atoms with Gasteiger partial charge in [0, 0.05) is 18.3 Å². The zero-order valence-electron chi connectivity index (χ0n) is 16.8. The van der Waals surface area contributed by atoms with Crippen LogP contribution in [0, 0.1) is 0 Å². The van der Waals surface area contributed by atoms with Gasteiger partial charge in [0.15, 0.2) is 5.16 Å². The summed E-state index contributed by atoms with van der Waals surface area (Å²) in [5.74, 6) is 0.922. The van der Waals surface area contributed by atoms with Gasteiger partial charge in [-0.05, 0) is 29.1 Å². The fourth-order valence-electron chi connectivity index (χ4n) is 3.63. The topological polar surface area (TPSA) is 63.6 Å². The van der Waals surface area contributed by atoms with Crippen molar-refractivity contribution in [2.45, 2.75) is 17.6 Å². The van der Waals surface area contributed by atoms with Crippen LogP contribution < -0.4 is 0 Å². The van der Waals surface area contributed by atoms with Crippen molar-refractivity contribution in [3.05, 3.63) is 83.1 Å². The molecule has 1 atom stereocenters. The Balaban J connectivity index is 1.34. The summed E-state index contributed by atoms with van der Waals surface area (Å²) in [6.45, 7) is 0. The number of nitrogens with zero attached hydrogens (tertiary/aromatic N) is 4. The fourth-order valence-corrected chi connectivity index (χ4v) is 5.25. The Morgan fingerprint density at radius 3 is 2.81 bits per heavy atom. The standard InChI is InChI=1S/C23H20N4O2S2/c1-26-19(16-7-3-2-4-8-16)14-24-23(26)31-15-22(28)27-18(21-10-6-12-30-21)13-17(25-27)20-9-5-11-29-20/h2-12,14,18H,13,15H2,1H3/t18-/m1/s1. The van der Waals surface area contributed by atoms with Gasteiger partial charge in [0.2, 0.25) is 0 Å². The van der Waals surface area contributed by atoms with Gasteiger partial charge in [0.1, 0.15) is 11.5 Å². The van der Waals surface area contributed by atoms with Crippen LogP contribution in [-0.4, -0.2) is 31.9 Å². The van der Waals surface area contributed by atoms with Crippen molar-refractivity contribution in [3.63, 3.8) is 0 Å². The lowest BCUT2D eigenvalue weighted by atomic mass is 10.1. The number of carbonyl (C=O) groups is 1. The molecule has 8 heteroatoms. The van der Waals surface area contributed by atoms with Crippen LogP contribution in [0.1, 0.15) is 23.1 Å². The average molecular weight is 449 g/mol. The zero-order valence-corrected chi connectivity index (χ0v) is 18.5. The van der Waals surface area contributed by atoms with Gasteiger partial charge in [0.05, 0.1) is 29.9 Å². The van der Waals surface area contributed by atoms with E-state index < -0.39 is 0 Å². The molecule has 3 aromatic heterocycles. The smallest absolute Gasteiger partial charge is 0.253 e. The van der Waals surface area contributed by atoms with E-state index in [4.69, 9.17) is 4.42 Å². The van der Waals surface area contributed by atoms with Crippen LogP contribution in [0.15, 0.2) is 87.1 Å². The highest BCUT2D eigenvalue weighted by atomic mass is 32.2. The molecule has 4 heterocycles. The van der Waals surface area contributed by atoms with Crippen LogP contribution in [0.4, 0.5) is 0 Å². The second kappa shape index (κ2) is 8.56. The zero-order chi connectivity index (χ0) is 21.2. The van der Waals surface area contributed by atoms with Crippen molar-refractivity contribution in [3.8, 4) is 11.3 Å². The molecule has 4 aromatic rings. The molecule has 6 nitrogen and oxygen atoms in total. The first-order valence-corrected chi connectivity index (χ1v) is 11.7. The van der Waals surface area contributed by atoms with E-state index >= 15 is 0 Å². The summed E-state index contributed by atoms with van der Waals surface area (Å²) < 4.78 is 7.54. The largest absolute Gasteiger partial charge is 0.463 e. The van der Waals surface area contributed by atoms with Crippen molar-refractivity contribution < 1.29 is 9.21 Å². The Hall–Kier alpha value is -3.10. The van der Waals surface area contributed by atoms with Crippen molar-refractivity contribution in [1.82, 2.24) is 14.6 Å². The van der Waals surface area contributed by atoms with Gasteiger partial charge < -0.3 is 8.98 Å². The third-order valence-electron chi connectivity index (χ3n) is 5.18. The maximum Gasteiger partial charge on any atom is 0.253 e. The summed E-state index contributed by atoms with van der Waals surface area (Å²) in [5.41, 5.74) is 2.91. The molecule has 0 unspecified atom stereocenters. The highest BCUT2D eigenvalue weighted by molar-refractivity contribution is 7.99. The maximum absolute atomic E-state index is 13.2. The molecule has 0 saturated carbocycles. The van der Waals surface area contributed by atoms with Gasteiger partial charge in [-0.3, -0.25) is 4.79 Å². The third-order valence-corrected chi connectivity index (χ3v) is 7.19. The number of thioether (sulfide) groups is 1. The molecule has 1 aliphatic heterocycles. The van der Waals surface area contributed by atoms with Crippen LogP contribution in [0.2, 0.25) is 0 Å². The predicted octanol–water partition coefficient (Wildman–Crippen LogP) is 5.21. The van der Waals surface area contributed by atoms with E-state index in [-0.39, 0.29) is 17.7 Å². The lowest BCUT2D eigenvalue weighted by Crippen LogP contribution is -2.28. The lowest BCUT2D eigenvalue weighted by Gasteiger charge is -2.20. The minimum atomic E-state index is -0.102. The van der Waals surface area contributed by atoms with E-state index in [0.717, 1.165) is 27.0 Å². The molecule has 1 aliphatic rings. The third kappa shape index (κ3) is 3.96. The van der Waals surface area contributed by atoms with Crippen LogP contribution in [0.25, 0.3) is 11.3 Å². The normalized spacial score (nSPS) is 16.0. The van der Waals surface area contributed by atoms with Gasteiger partial charge >= 0.3 is 0 Å². The molecule has 0 fully saturated rings. The Morgan fingerprint density at radius 2 is 2.06 bits per heavy atom. The first kappa shape index (κ1) is 19.8. The van der Waals surface area contributed by atoms with Crippen molar-refractivity contribution in [2.24, 2.45) is 12.1 Å². The number of rotatable bonds is 6. The van der Waals surface area contributed by atoms with E-state index in [2.05, 4.69) is 22.2 Å². The molecule has 0 saturated heterocycles. The molecule has 156 valence electrons. The lowest BCUT2D eigenvalue weighted by molar-refractivity contribution is -0.130. The van der Waals surface area contributed by atoms with E-state index in [1.165, 1.54) is 11.8 Å². The van der Waals surface area contributed by atoms with Gasteiger partial charge in [0.25, 0.3) is 5.91 Å². The van der Waals surface area contributed by atoms with E-state index in [1.54, 1.807) is 22.6 Å². The summed E-state index contributed by atoms with van der Waals surface area (Å²) in [6.07, 6.45) is 4.12. The van der Waals surface area contributed by atoms with Crippen LogP contribution in [0.3, 0.4) is 0 Å². The predicted molar refractivity (Wildman–Crippen MR) is 123 cm³/mol. The Morgan fingerprint density at radius 1 is 1.19 bits per heavy atom. The molecule has 1 aromatic carbocycles. The highest BCUT2D eigenvalue weighted by Crippen LogP contribution is 2.36. The average Bonchev–Trinajstić information content (AvgIpc) is 3.59. The number of hydrogen-bond acceptors (Lipinski definition) is 6. The number of amides is 1. The second-order valence-corrected chi connectivity index (χ2v) is 9.06. The maximum atomic E-state index is 13.2. The van der Waals surface area contributed by atoms with Gasteiger partial charge in [-0.25, -0.2) is 9.99 Å². The number of aromatic nitrogens is 2. The van der Waals surface area contributed by atoms with Gasteiger partial charge in [-0.15, -0.1) is 11.3 Å². The Labute approximate surface area is 188 Å². The molecule has 0 spiro atoms. The van der Waals surface area contributed by atoms with E-state index in [1.807, 2.05) is 65.7 Å². The first-order chi connectivity index (χ1) is 15.2. The molecule has 0 N–H and O–H groups in total. The highest BCUT2D eigenvalue weighted by Gasteiger charge is 2.34. The Kier molecular flexibility index (Phi) is 5.48. The molecule has 1 amide bonds. The van der Waals surface area contributed by atoms with Crippen LogP contribution in [-0.2, 0) is 11.8 Å². The number of furan rings is 1. The molecule has 31 heavy (non-hydrogen) atoms. The SMILES string of the molecule is Cn1c(-c2ccccc2)cnc1SCC(=O)N1N=C(c2ccco2)C[C@@H]1c1cccs1. The van der Waals surface area contributed by atoms with E-state index in [0.29, 0.717) is 12.2 Å². The molecule has 5 rings (SSSR count). The van der Waals surface area contributed by atoms with Gasteiger partial charge in [-0.1, -0.05) is 48.2 Å². The van der Waals surface area contributed by atoms with E-state index in [9.17, 15) is 4.79 Å². The van der Waals surface area contributed by atoms with Gasteiger partial charge in [-0.2, -0.15) is 5.10 Å². The number of thiophene rings is 1. The molecule has 0 bridgehead atoms. The molecular formula is C23H20N4O2S2. The number of carbonyl (C=O) groups excluding carboxylic acids is 1. The number of hydrazone groups is 1. The monoisotopic (exact) mass is 448 g/mol. The quantitative estimate of drug-likeness (QED) is 0.380. The minimum Gasteiger partial charge on any atom is -0.463 e. The summed E-state index contributed by atoms with van der Waals surface area (Å²) in [5, 5.41) is 9.06. The first-order valence-electron chi connectivity index (χ1n) is 9.87. The Bertz CT molecular complexity index is 1200. The number of hydrogen-bond donors (Lipinski definition) is 0. The fraction of sp³-hybridized carbons (Fsp3) is 0.174. The van der Waals surface area contributed by atoms with Crippen LogP contribution >= 0.6 is 23.1 Å². The summed E-state index contributed by atoms with van der Waals surface area (Å²) in [4.78, 5) is 18.8. The van der Waals surface area contributed by atoms with Crippen molar-refractivity contribution in [1.29, 1.82) is 0 Å². The number of benzene rings is 1. The van der Waals surface area contributed by atoms with Crippen molar-refractivity contribution in [2.75, 3.05) is 5.75 Å².